The number of hydrogen-bond acceptors (Lipinski definition) is 6. The molecule has 0 saturated heterocycles. The van der Waals surface area contributed by atoms with Crippen molar-refractivity contribution in [2.75, 3.05) is 11.9 Å². The molecule has 1 aliphatic heterocycles. The number of non-ortho nitro benzene ring substituents is 1. The summed E-state index contributed by atoms with van der Waals surface area (Å²) in [7, 11) is 1.71. The van der Waals surface area contributed by atoms with Crippen LogP contribution >= 0.6 is 11.3 Å². The van der Waals surface area contributed by atoms with Crippen LogP contribution in [-0.2, 0) is 4.79 Å². The Hall–Kier alpha value is -4.37. The van der Waals surface area contributed by atoms with E-state index in [9.17, 15) is 14.9 Å². The molecule has 8 nitrogen and oxygen atoms in total. The summed E-state index contributed by atoms with van der Waals surface area (Å²) in [5, 5.41) is 17.9. The van der Waals surface area contributed by atoms with Crippen LogP contribution in [0.5, 0.6) is 0 Å². The van der Waals surface area contributed by atoms with E-state index < -0.39 is 4.92 Å². The maximum absolute atomic E-state index is 13.0. The first-order valence-corrected chi connectivity index (χ1v) is 10.9. The summed E-state index contributed by atoms with van der Waals surface area (Å²) in [4.78, 5) is 30.7. The van der Waals surface area contributed by atoms with E-state index in [4.69, 9.17) is 10.1 Å². The van der Waals surface area contributed by atoms with Gasteiger partial charge in [0.25, 0.3) is 11.6 Å². The monoisotopic (exact) mass is 455 g/mol. The van der Waals surface area contributed by atoms with Gasteiger partial charge in [-0.25, -0.2) is 9.67 Å². The van der Waals surface area contributed by atoms with Crippen LogP contribution in [-0.4, -0.2) is 28.3 Å². The number of fused-ring (bicyclic) bond motifs is 1. The molecule has 0 saturated carbocycles. The number of aromatic nitrogens is 1. The Morgan fingerprint density at radius 1 is 0.970 bits per heavy atom. The average molecular weight is 455 g/mol. The predicted molar refractivity (Wildman–Crippen MR) is 128 cm³/mol. The Morgan fingerprint density at radius 2 is 1.73 bits per heavy atom. The maximum atomic E-state index is 13.0. The third-order valence-corrected chi connectivity index (χ3v) is 6.06. The van der Waals surface area contributed by atoms with E-state index in [0.29, 0.717) is 16.1 Å². The minimum atomic E-state index is -0.437. The summed E-state index contributed by atoms with van der Waals surface area (Å²) in [6.45, 7) is 0. The molecule has 1 aromatic heterocycles. The molecule has 3 aromatic carbocycles. The van der Waals surface area contributed by atoms with E-state index in [1.54, 1.807) is 28.8 Å². The van der Waals surface area contributed by atoms with Crippen molar-refractivity contribution in [3.05, 3.63) is 105 Å². The van der Waals surface area contributed by atoms with Crippen molar-refractivity contribution in [3.63, 3.8) is 0 Å². The second-order valence-corrected chi connectivity index (χ2v) is 8.14. The average Bonchev–Trinajstić information content (AvgIpc) is 3.34. The van der Waals surface area contributed by atoms with Gasteiger partial charge in [-0.05, 0) is 18.2 Å². The summed E-state index contributed by atoms with van der Waals surface area (Å²) >= 11 is 1.34. The van der Waals surface area contributed by atoms with Gasteiger partial charge in [0.05, 0.1) is 22.0 Å². The molecule has 1 amide bonds. The molecule has 0 N–H and O–H groups in total. The number of anilines is 1. The van der Waals surface area contributed by atoms with E-state index in [1.165, 1.54) is 23.5 Å². The Balaban J connectivity index is 1.75. The molecule has 33 heavy (non-hydrogen) atoms. The molecule has 4 aromatic rings. The lowest BCUT2D eigenvalue weighted by molar-refractivity contribution is -0.384. The lowest BCUT2D eigenvalue weighted by Gasteiger charge is -2.07. The molecule has 0 spiro atoms. The standard InChI is InChI=1S/C24H17N5O3S/c1-27-20-13-6-5-12-19(20)22(23(27)30)26-28-21(16-8-7-11-18(14-16)29(31)32)15-33-24(28)25-17-9-3-2-4-10-17/h2-15H,1H3. The fourth-order valence-corrected chi connectivity index (χ4v) is 4.46. The van der Waals surface area contributed by atoms with Crippen molar-refractivity contribution in [1.29, 1.82) is 0 Å². The van der Waals surface area contributed by atoms with Gasteiger partial charge in [-0.15, -0.1) is 11.3 Å². The van der Waals surface area contributed by atoms with Gasteiger partial charge in [0, 0.05) is 35.7 Å². The van der Waals surface area contributed by atoms with Crippen LogP contribution in [0.3, 0.4) is 0 Å². The smallest absolute Gasteiger partial charge is 0.279 e. The van der Waals surface area contributed by atoms with Gasteiger partial charge in [-0.2, -0.15) is 5.10 Å². The number of carbonyl (C=O) groups is 1. The topological polar surface area (TPSA) is 93.1 Å². The Bertz CT molecular complexity index is 1490. The van der Waals surface area contributed by atoms with Gasteiger partial charge in [0.15, 0.2) is 5.71 Å². The van der Waals surface area contributed by atoms with Gasteiger partial charge in [0.1, 0.15) is 0 Å². The molecule has 162 valence electrons. The van der Waals surface area contributed by atoms with Gasteiger partial charge in [-0.1, -0.05) is 48.5 Å². The third-order valence-electron chi connectivity index (χ3n) is 5.25. The molecule has 0 aliphatic carbocycles. The minimum absolute atomic E-state index is 0.0264. The first-order valence-electron chi connectivity index (χ1n) is 10.0. The number of carbonyl (C=O) groups excluding carboxylic acids is 1. The first-order chi connectivity index (χ1) is 16.0. The number of benzene rings is 3. The largest absolute Gasteiger partial charge is 0.309 e. The third kappa shape index (κ3) is 3.74. The molecule has 0 unspecified atom stereocenters. The highest BCUT2D eigenvalue weighted by Gasteiger charge is 2.31. The zero-order valence-corrected chi connectivity index (χ0v) is 18.3. The highest BCUT2D eigenvalue weighted by atomic mass is 32.1. The van der Waals surface area contributed by atoms with Crippen LogP contribution in [0, 0.1) is 10.1 Å². The maximum Gasteiger partial charge on any atom is 0.279 e. The quantitative estimate of drug-likeness (QED) is 0.333. The molecule has 0 radical (unpaired) electrons. The lowest BCUT2D eigenvalue weighted by atomic mass is 10.1. The normalized spacial score (nSPS) is 14.7. The zero-order valence-electron chi connectivity index (χ0n) is 17.5. The van der Waals surface area contributed by atoms with Crippen molar-refractivity contribution in [1.82, 2.24) is 4.68 Å². The van der Waals surface area contributed by atoms with E-state index in [0.717, 1.165) is 16.9 Å². The van der Waals surface area contributed by atoms with Crippen LogP contribution in [0.2, 0.25) is 0 Å². The second kappa shape index (κ2) is 8.29. The summed E-state index contributed by atoms with van der Waals surface area (Å²) < 4.78 is 1.58. The Morgan fingerprint density at radius 3 is 2.52 bits per heavy atom. The first kappa shape index (κ1) is 20.5. The second-order valence-electron chi connectivity index (χ2n) is 7.30. The molecular weight excluding hydrogens is 438 g/mol. The van der Waals surface area contributed by atoms with Crippen molar-refractivity contribution < 1.29 is 9.72 Å². The molecule has 9 heteroatoms. The van der Waals surface area contributed by atoms with E-state index in [1.807, 2.05) is 60.0 Å². The minimum Gasteiger partial charge on any atom is -0.309 e. The van der Waals surface area contributed by atoms with Crippen molar-refractivity contribution in [2.24, 2.45) is 10.1 Å². The van der Waals surface area contributed by atoms with Crippen molar-refractivity contribution in [3.8, 4) is 11.3 Å². The number of nitro groups is 1. The highest BCUT2D eigenvalue weighted by molar-refractivity contribution is 7.07. The molecule has 0 fully saturated rings. The van der Waals surface area contributed by atoms with Gasteiger partial charge in [-0.3, -0.25) is 14.9 Å². The molecular formula is C24H17N5O3S. The van der Waals surface area contributed by atoms with E-state index in [2.05, 4.69) is 0 Å². The number of likely N-dealkylation sites (N-methyl/N-ethyl adjacent to an activating group) is 1. The zero-order chi connectivity index (χ0) is 22.9. The SMILES string of the molecule is CN1C(=O)C(=Nn2c(-c3cccc([N+](=O)[O-])c3)csc2=Nc2ccccc2)c2ccccc21. The summed E-state index contributed by atoms with van der Waals surface area (Å²) in [5.74, 6) is -0.231. The highest BCUT2D eigenvalue weighted by Crippen LogP contribution is 2.29. The predicted octanol–water partition coefficient (Wildman–Crippen LogP) is 4.59. The Labute approximate surface area is 192 Å². The number of nitro benzene ring substituents is 1. The number of amides is 1. The molecule has 0 bridgehead atoms. The molecule has 1 aliphatic rings. The van der Waals surface area contributed by atoms with E-state index >= 15 is 0 Å². The van der Waals surface area contributed by atoms with Crippen LogP contribution in [0.25, 0.3) is 11.3 Å². The summed E-state index contributed by atoms with van der Waals surface area (Å²) in [5.41, 5.74) is 3.69. The van der Waals surface area contributed by atoms with Crippen LogP contribution in [0.1, 0.15) is 5.56 Å². The number of rotatable bonds is 4. The van der Waals surface area contributed by atoms with Crippen molar-refractivity contribution >= 4 is 40.0 Å². The lowest BCUT2D eigenvalue weighted by Crippen LogP contribution is -2.27. The van der Waals surface area contributed by atoms with Crippen LogP contribution < -0.4 is 9.70 Å². The van der Waals surface area contributed by atoms with Gasteiger partial charge >= 0.3 is 0 Å². The Kier molecular flexibility index (Phi) is 5.15. The van der Waals surface area contributed by atoms with E-state index in [-0.39, 0.29) is 17.3 Å². The molecule has 2 heterocycles. The van der Waals surface area contributed by atoms with Crippen LogP contribution in [0.4, 0.5) is 17.1 Å². The molecule has 0 atom stereocenters. The number of hydrogen-bond donors (Lipinski definition) is 0. The fourth-order valence-electron chi connectivity index (χ4n) is 3.61. The number of nitrogens with zero attached hydrogens (tertiary/aromatic N) is 5. The van der Waals surface area contributed by atoms with Gasteiger partial charge < -0.3 is 4.90 Å². The number of para-hydroxylation sites is 2. The summed E-state index contributed by atoms with van der Waals surface area (Å²) in [6, 6.07) is 23.2. The fraction of sp³-hybridized carbons (Fsp3) is 0.0417. The van der Waals surface area contributed by atoms with Crippen molar-refractivity contribution in [2.45, 2.75) is 0 Å². The van der Waals surface area contributed by atoms with Crippen LogP contribution in [0.15, 0.2) is 94.3 Å². The summed E-state index contributed by atoms with van der Waals surface area (Å²) in [6.07, 6.45) is 0. The number of thiazole rings is 1. The molecule has 5 rings (SSSR count). The van der Waals surface area contributed by atoms with Gasteiger partial charge in [0.2, 0.25) is 4.80 Å².